The fourth-order valence-electron chi connectivity index (χ4n) is 2.25. The first-order valence-corrected chi connectivity index (χ1v) is 5.37. The highest BCUT2D eigenvalue weighted by Gasteiger charge is 2.35. The zero-order valence-corrected chi connectivity index (χ0v) is 8.88. The maximum atomic E-state index is 11.4. The summed E-state index contributed by atoms with van der Waals surface area (Å²) in [4.78, 5) is 11.4. The van der Waals surface area contributed by atoms with E-state index in [1.54, 1.807) is 0 Å². The van der Waals surface area contributed by atoms with Gasteiger partial charge < -0.3 is 4.74 Å². The van der Waals surface area contributed by atoms with Crippen LogP contribution in [-0.4, -0.2) is 12.6 Å². The topological polar surface area (TPSA) is 26.3 Å². The van der Waals surface area contributed by atoms with Crippen LogP contribution in [0.5, 0.6) is 0 Å². The molecule has 0 bridgehead atoms. The van der Waals surface area contributed by atoms with Gasteiger partial charge in [0.2, 0.25) is 0 Å². The number of carbonyl (C=O) groups excluding carboxylic acids is 1. The summed E-state index contributed by atoms with van der Waals surface area (Å²) in [6, 6.07) is 0. The lowest BCUT2D eigenvalue weighted by Crippen LogP contribution is -2.37. The highest BCUT2D eigenvalue weighted by atomic mass is 16.5. The number of ether oxygens (including phenoxy) is 1. The SMILES string of the molecule is CCCC1COC(=O)C(CC)C1C. The largest absolute Gasteiger partial charge is 0.465 e. The van der Waals surface area contributed by atoms with Gasteiger partial charge in [-0.15, -0.1) is 0 Å². The Kier molecular flexibility index (Phi) is 3.76. The van der Waals surface area contributed by atoms with Gasteiger partial charge in [-0.2, -0.15) is 0 Å². The van der Waals surface area contributed by atoms with Gasteiger partial charge in [0.05, 0.1) is 12.5 Å². The Morgan fingerprint density at radius 3 is 2.69 bits per heavy atom. The monoisotopic (exact) mass is 184 g/mol. The normalized spacial score (nSPS) is 34.4. The van der Waals surface area contributed by atoms with Gasteiger partial charge >= 0.3 is 5.97 Å². The van der Waals surface area contributed by atoms with Crippen LogP contribution in [0.25, 0.3) is 0 Å². The van der Waals surface area contributed by atoms with Crippen LogP contribution in [-0.2, 0) is 9.53 Å². The van der Waals surface area contributed by atoms with Gasteiger partial charge in [0, 0.05) is 0 Å². The molecular formula is C11H20O2. The average Bonchev–Trinajstić information content (AvgIpc) is 2.11. The fourth-order valence-corrected chi connectivity index (χ4v) is 2.25. The van der Waals surface area contributed by atoms with Gasteiger partial charge in [-0.05, 0) is 24.7 Å². The van der Waals surface area contributed by atoms with Crippen molar-refractivity contribution in [1.82, 2.24) is 0 Å². The highest BCUT2D eigenvalue weighted by Crippen LogP contribution is 2.32. The van der Waals surface area contributed by atoms with Crippen LogP contribution in [0.15, 0.2) is 0 Å². The molecule has 1 aliphatic rings. The molecule has 0 aliphatic carbocycles. The molecule has 13 heavy (non-hydrogen) atoms. The van der Waals surface area contributed by atoms with E-state index in [1.165, 1.54) is 12.8 Å². The lowest BCUT2D eigenvalue weighted by molar-refractivity contribution is -0.161. The molecular weight excluding hydrogens is 164 g/mol. The molecule has 3 atom stereocenters. The predicted molar refractivity (Wildman–Crippen MR) is 52.3 cm³/mol. The first kappa shape index (κ1) is 10.6. The van der Waals surface area contributed by atoms with Gasteiger partial charge in [-0.3, -0.25) is 4.79 Å². The quantitative estimate of drug-likeness (QED) is 0.630. The molecule has 0 aromatic rings. The summed E-state index contributed by atoms with van der Waals surface area (Å²) in [5.41, 5.74) is 0. The number of cyclic esters (lactones) is 1. The molecule has 0 aromatic carbocycles. The van der Waals surface area contributed by atoms with Crippen molar-refractivity contribution in [3.05, 3.63) is 0 Å². The summed E-state index contributed by atoms with van der Waals surface area (Å²) in [6.45, 7) is 7.08. The fraction of sp³-hybridized carbons (Fsp3) is 0.909. The molecule has 0 aromatic heterocycles. The summed E-state index contributed by atoms with van der Waals surface area (Å²) in [6.07, 6.45) is 3.29. The molecule has 1 aliphatic heterocycles. The molecule has 1 saturated heterocycles. The van der Waals surface area contributed by atoms with Crippen molar-refractivity contribution in [2.24, 2.45) is 17.8 Å². The molecule has 0 amide bonds. The number of carbonyl (C=O) groups is 1. The standard InChI is InChI=1S/C11H20O2/c1-4-6-9-7-13-11(12)10(5-2)8(9)3/h8-10H,4-7H2,1-3H3. The first-order valence-electron chi connectivity index (χ1n) is 5.37. The predicted octanol–water partition coefficient (Wildman–Crippen LogP) is 2.62. The van der Waals surface area contributed by atoms with Crippen LogP contribution in [0.1, 0.15) is 40.0 Å². The summed E-state index contributed by atoms with van der Waals surface area (Å²) in [5.74, 6) is 1.26. The number of hydrogen-bond acceptors (Lipinski definition) is 2. The summed E-state index contributed by atoms with van der Waals surface area (Å²) >= 11 is 0. The van der Waals surface area contributed by atoms with Crippen LogP contribution in [0.2, 0.25) is 0 Å². The minimum atomic E-state index is 0.0161. The molecule has 0 saturated carbocycles. The minimum absolute atomic E-state index is 0.0161. The minimum Gasteiger partial charge on any atom is -0.465 e. The van der Waals surface area contributed by atoms with Gasteiger partial charge in [0.1, 0.15) is 0 Å². The van der Waals surface area contributed by atoms with E-state index in [-0.39, 0.29) is 11.9 Å². The van der Waals surface area contributed by atoms with E-state index in [1.807, 2.05) is 0 Å². The van der Waals surface area contributed by atoms with Gasteiger partial charge in [0.25, 0.3) is 0 Å². The zero-order chi connectivity index (χ0) is 9.84. The van der Waals surface area contributed by atoms with E-state index in [4.69, 9.17) is 4.74 Å². The third-order valence-electron chi connectivity index (χ3n) is 3.22. The van der Waals surface area contributed by atoms with Crippen molar-refractivity contribution >= 4 is 5.97 Å². The second-order valence-electron chi connectivity index (χ2n) is 4.05. The molecule has 1 rings (SSSR count). The van der Waals surface area contributed by atoms with Crippen LogP contribution in [0.3, 0.4) is 0 Å². The average molecular weight is 184 g/mol. The van der Waals surface area contributed by atoms with E-state index in [0.717, 1.165) is 6.42 Å². The molecule has 0 N–H and O–H groups in total. The lowest BCUT2D eigenvalue weighted by Gasteiger charge is -2.34. The number of hydrogen-bond donors (Lipinski definition) is 0. The molecule has 76 valence electrons. The Balaban J connectivity index is 2.58. The molecule has 2 heteroatoms. The van der Waals surface area contributed by atoms with E-state index in [9.17, 15) is 4.79 Å². The maximum absolute atomic E-state index is 11.4. The Labute approximate surface area is 80.7 Å². The third kappa shape index (κ3) is 2.23. The zero-order valence-electron chi connectivity index (χ0n) is 8.88. The highest BCUT2D eigenvalue weighted by molar-refractivity contribution is 5.73. The molecule has 1 heterocycles. The van der Waals surface area contributed by atoms with Crippen LogP contribution >= 0.6 is 0 Å². The molecule has 0 radical (unpaired) electrons. The van der Waals surface area contributed by atoms with Crippen LogP contribution in [0, 0.1) is 17.8 Å². The van der Waals surface area contributed by atoms with Gasteiger partial charge in [-0.25, -0.2) is 0 Å². The van der Waals surface area contributed by atoms with E-state index in [2.05, 4.69) is 20.8 Å². The molecule has 3 unspecified atom stereocenters. The van der Waals surface area contributed by atoms with E-state index < -0.39 is 0 Å². The Morgan fingerprint density at radius 1 is 1.46 bits per heavy atom. The van der Waals surface area contributed by atoms with Crippen molar-refractivity contribution in [3.8, 4) is 0 Å². The molecule has 0 spiro atoms. The van der Waals surface area contributed by atoms with Crippen molar-refractivity contribution in [2.75, 3.05) is 6.61 Å². The Morgan fingerprint density at radius 2 is 2.15 bits per heavy atom. The number of rotatable bonds is 3. The summed E-state index contributed by atoms with van der Waals surface area (Å²) in [7, 11) is 0. The Hall–Kier alpha value is -0.530. The van der Waals surface area contributed by atoms with Crippen LogP contribution < -0.4 is 0 Å². The second-order valence-corrected chi connectivity index (χ2v) is 4.05. The van der Waals surface area contributed by atoms with E-state index in [0.29, 0.717) is 18.4 Å². The third-order valence-corrected chi connectivity index (χ3v) is 3.22. The smallest absolute Gasteiger partial charge is 0.309 e. The van der Waals surface area contributed by atoms with Crippen molar-refractivity contribution in [3.63, 3.8) is 0 Å². The number of esters is 1. The van der Waals surface area contributed by atoms with E-state index >= 15 is 0 Å². The maximum Gasteiger partial charge on any atom is 0.309 e. The summed E-state index contributed by atoms with van der Waals surface area (Å²) < 4.78 is 5.18. The first-order chi connectivity index (χ1) is 6.20. The second kappa shape index (κ2) is 4.64. The molecule has 2 nitrogen and oxygen atoms in total. The molecule has 1 fully saturated rings. The Bertz CT molecular complexity index is 177. The van der Waals surface area contributed by atoms with Gasteiger partial charge in [-0.1, -0.05) is 27.2 Å². The van der Waals surface area contributed by atoms with Crippen molar-refractivity contribution in [2.45, 2.75) is 40.0 Å². The lowest BCUT2D eigenvalue weighted by atomic mass is 9.78. The van der Waals surface area contributed by atoms with Crippen molar-refractivity contribution in [1.29, 1.82) is 0 Å². The van der Waals surface area contributed by atoms with Crippen molar-refractivity contribution < 1.29 is 9.53 Å². The van der Waals surface area contributed by atoms with Crippen LogP contribution in [0.4, 0.5) is 0 Å². The summed E-state index contributed by atoms with van der Waals surface area (Å²) in [5, 5.41) is 0. The van der Waals surface area contributed by atoms with Gasteiger partial charge in [0.15, 0.2) is 0 Å².